The van der Waals surface area contributed by atoms with Gasteiger partial charge in [-0.15, -0.1) is 0 Å². The Bertz CT molecular complexity index is 437. The molecule has 0 fully saturated rings. The zero-order valence-electron chi connectivity index (χ0n) is 15.2. The molecule has 0 saturated carbocycles. The molecular weight excluding hydrogens is 391 g/mol. The molecule has 1 aromatic rings. The number of unbranched alkanes of at least 4 members (excludes halogenated alkanes) is 3. The van der Waals surface area contributed by atoms with Gasteiger partial charge in [0.25, 0.3) is 0 Å². The third-order valence-corrected chi connectivity index (χ3v) is 20.6. The van der Waals surface area contributed by atoms with Gasteiger partial charge in [0.15, 0.2) is 0 Å². The number of nitrogens with two attached hydrogens (primary N) is 1. The summed E-state index contributed by atoms with van der Waals surface area (Å²) in [5.74, 6) is 5.04. The number of hydrogen-bond donors (Lipinski definition) is 2. The molecule has 130 valence electrons. The first-order valence-electron chi connectivity index (χ1n) is 9.25. The van der Waals surface area contributed by atoms with Gasteiger partial charge < -0.3 is 0 Å². The van der Waals surface area contributed by atoms with Crippen molar-refractivity contribution < 1.29 is 4.79 Å². The molecule has 0 saturated heterocycles. The van der Waals surface area contributed by atoms with Crippen LogP contribution in [0.2, 0.25) is 13.3 Å². The minimum atomic E-state index is -2.35. The van der Waals surface area contributed by atoms with E-state index in [1.807, 2.05) is 12.1 Å². The molecule has 0 bridgehead atoms. The van der Waals surface area contributed by atoms with E-state index in [4.69, 9.17) is 5.84 Å². The number of carbonyl (C=O) groups is 1. The van der Waals surface area contributed by atoms with Crippen LogP contribution < -0.4 is 14.8 Å². The molecule has 0 unspecified atom stereocenters. The van der Waals surface area contributed by atoms with Crippen LogP contribution >= 0.6 is 0 Å². The van der Waals surface area contributed by atoms with E-state index in [9.17, 15) is 4.79 Å². The average molecular weight is 425 g/mol. The summed E-state index contributed by atoms with van der Waals surface area (Å²) in [7, 11) is 0. The van der Waals surface area contributed by atoms with Crippen molar-refractivity contribution in [3.05, 3.63) is 29.8 Å². The van der Waals surface area contributed by atoms with Crippen LogP contribution in [0.1, 0.15) is 69.7 Å². The van der Waals surface area contributed by atoms with Crippen molar-refractivity contribution in [1.29, 1.82) is 0 Å². The quantitative estimate of drug-likeness (QED) is 0.240. The first kappa shape index (κ1) is 20.5. The predicted octanol–water partition coefficient (Wildman–Crippen LogP) is 4.35. The summed E-state index contributed by atoms with van der Waals surface area (Å²) >= 11 is -2.35. The van der Waals surface area contributed by atoms with E-state index in [0.717, 1.165) is 0 Å². The standard InChI is InChI=1S/C7H7N2O.3C4H9.Sn/c8-9-7(10)6-4-2-1-3-5-6;3*1-3-4-2;/h2-5H,8H2,(H,9,10);3*1,3-4H2,2H3;. The fourth-order valence-corrected chi connectivity index (χ4v) is 19.3. The molecule has 3 nitrogen and oxygen atoms in total. The normalized spacial score (nSPS) is 11.5. The molecule has 1 amide bonds. The molecule has 3 N–H and O–H groups in total. The van der Waals surface area contributed by atoms with Gasteiger partial charge in [-0.05, 0) is 0 Å². The van der Waals surface area contributed by atoms with Crippen LogP contribution in [0.4, 0.5) is 0 Å². The monoisotopic (exact) mass is 426 g/mol. The van der Waals surface area contributed by atoms with Crippen LogP contribution in [0.5, 0.6) is 0 Å². The van der Waals surface area contributed by atoms with Gasteiger partial charge >= 0.3 is 146 Å². The zero-order valence-corrected chi connectivity index (χ0v) is 18.0. The molecule has 0 radical (unpaired) electrons. The molecule has 0 atom stereocenters. The summed E-state index contributed by atoms with van der Waals surface area (Å²) in [5, 5.41) is 0. The first-order valence-corrected chi connectivity index (χ1v) is 16.7. The van der Waals surface area contributed by atoms with E-state index < -0.39 is 18.4 Å². The molecule has 0 spiro atoms. The van der Waals surface area contributed by atoms with Crippen molar-refractivity contribution in [2.24, 2.45) is 5.84 Å². The average Bonchev–Trinajstić information content (AvgIpc) is 2.61. The van der Waals surface area contributed by atoms with Gasteiger partial charge in [0, 0.05) is 0 Å². The molecule has 0 aliphatic carbocycles. The third-order valence-electron chi connectivity index (χ3n) is 4.92. The van der Waals surface area contributed by atoms with Crippen molar-refractivity contribution in [3.8, 4) is 0 Å². The van der Waals surface area contributed by atoms with Gasteiger partial charge in [-0.1, -0.05) is 0 Å². The van der Waals surface area contributed by atoms with Crippen molar-refractivity contribution in [2.45, 2.75) is 72.6 Å². The molecule has 0 aliphatic heterocycles. The Morgan fingerprint density at radius 3 is 1.70 bits per heavy atom. The predicted molar refractivity (Wildman–Crippen MR) is 103 cm³/mol. The molecule has 0 aliphatic rings. The van der Waals surface area contributed by atoms with Gasteiger partial charge in [-0.2, -0.15) is 0 Å². The summed E-state index contributed by atoms with van der Waals surface area (Å²) in [4.78, 5) is 11.7. The molecule has 1 aromatic carbocycles. The second-order valence-corrected chi connectivity index (χ2v) is 19.9. The van der Waals surface area contributed by atoms with Crippen LogP contribution in [0, 0.1) is 0 Å². The first-order chi connectivity index (χ1) is 11.1. The summed E-state index contributed by atoms with van der Waals surface area (Å²) in [5.41, 5.74) is 2.89. The summed E-state index contributed by atoms with van der Waals surface area (Å²) in [6.07, 6.45) is 7.91. The Labute approximate surface area is 146 Å². The Kier molecular flexibility index (Phi) is 9.87. The number of nitrogen functional groups attached to an aromatic ring is 1. The van der Waals surface area contributed by atoms with E-state index >= 15 is 0 Å². The molecule has 1 rings (SSSR count). The number of carbonyl (C=O) groups excluding carboxylic acids is 1. The second-order valence-electron chi connectivity index (χ2n) is 6.64. The van der Waals surface area contributed by atoms with E-state index in [-0.39, 0.29) is 5.91 Å². The number of hydrazine groups is 1. The number of hydrogen-bond acceptors (Lipinski definition) is 2. The molecule has 0 aromatic heterocycles. The summed E-state index contributed by atoms with van der Waals surface area (Å²) in [6.45, 7) is 6.89. The van der Waals surface area contributed by atoms with E-state index in [0.29, 0.717) is 5.56 Å². The molecule has 4 heteroatoms. The van der Waals surface area contributed by atoms with Gasteiger partial charge in [-0.25, -0.2) is 0 Å². The molecular formula is C19H34N2OSn. The maximum atomic E-state index is 11.7. The Morgan fingerprint density at radius 2 is 1.35 bits per heavy atom. The van der Waals surface area contributed by atoms with Crippen molar-refractivity contribution in [2.75, 3.05) is 0 Å². The van der Waals surface area contributed by atoms with Gasteiger partial charge in [-0.3, -0.25) is 0 Å². The maximum absolute atomic E-state index is 11.7. The van der Waals surface area contributed by atoms with E-state index in [1.165, 1.54) is 51.8 Å². The number of rotatable bonds is 11. The molecule has 0 heterocycles. The Balaban J connectivity index is 3.09. The van der Waals surface area contributed by atoms with Crippen LogP contribution in [0.15, 0.2) is 24.3 Å². The van der Waals surface area contributed by atoms with Gasteiger partial charge in [0.05, 0.1) is 0 Å². The number of amides is 1. The minimum absolute atomic E-state index is 0.201. The molecule has 23 heavy (non-hydrogen) atoms. The Hall–Kier alpha value is -0.551. The van der Waals surface area contributed by atoms with E-state index in [2.05, 4.69) is 38.3 Å². The third kappa shape index (κ3) is 6.11. The van der Waals surface area contributed by atoms with Crippen molar-refractivity contribution >= 4 is 27.9 Å². The van der Waals surface area contributed by atoms with Crippen LogP contribution in [0.3, 0.4) is 0 Å². The fourth-order valence-electron chi connectivity index (χ4n) is 3.41. The topological polar surface area (TPSA) is 55.1 Å². The number of benzene rings is 1. The second kappa shape index (κ2) is 11.1. The zero-order chi connectivity index (χ0) is 17.1. The summed E-state index contributed by atoms with van der Waals surface area (Å²) in [6, 6.07) is 8.41. The van der Waals surface area contributed by atoms with Crippen LogP contribution in [0.25, 0.3) is 0 Å². The van der Waals surface area contributed by atoms with E-state index in [1.54, 1.807) is 3.58 Å². The fraction of sp³-hybridized carbons (Fsp3) is 0.632. The van der Waals surface area contributed by atoms with Crippen molar-refractivity contribution in [3.63, 3.8) is 0 Å². The van der Waals surface area contributed by atoms with Crippen molar-refractivity contribution in [1.82, 2.24) is 5.43 Å². The Morgan fingerprint density at radius 1 is 0.913 bits per heavy atom. The van der Waals surface area contributed by atoms with Crippen LogP contribution in [-0.2, 0) is 0 Å². The van der Waals surface area contributed by atoms with Gasteiger partial charge in [0.1, 0.15) is 0 Å². The SMILES string of the molecule is CCC[CH2][Sn]([CH2]CCC)([CH2]CCC)[c]1ccc(C(=O)NN)cc1. The summed E-state index contributed by atoms with van der Waals surface area (Å²) < 4.78 is 5.96. The number of nitrogens with one attached hydrogen (secondary N) is 1. The van der Waals surface area contributed by atoms with Gasteiger partial charge in [0.2, 0.25) is 0 Å². The van der Waals surface area contributed by atoms with Crippen LogP contribution in [-0.4, -0.2) is 24.3 Å².